The minimum absolute atomic E-state index is 0.477. The van der Waals surface area contributed by atoms with Crippen LogP contribution in [0.1, 0.15) is 13.8 Å². The summed E-state index contributed by atoms with van der Waals surface area (Å²) in [6.07, 6.45) is 0.561. The van der Waals surface area contributed by atoms with Crippen LogP contribution < -0.4 is 0 Å². The monoisotopic (exact) mass is 143 g/mol. The zero-order chi connectivity index (χ0) is 7.98. The molecule has 0 spiro atoms. The molecule has 0 aliphatic carbocycles. The Balaban J connectivity index is 3.46. The van der Waals surface area contributed by atoms with Gasteiger partial charge in [0, 0.05) is 6.08 Å². The Morgan fingerprint density at radius 2 is 2.30 bits per heavy atom. The molecule has 0 amide bonds. The van der Waals surface area contributed by atoms with Gasteiger partial charge in [-0.2, -0.15) is 0 Å². The maximum atomic E-state index is 10.5. The van der Waals surface area contributed by atoms with Crippen molar-refractivity contribution in [1.82, 2.24) is 0 Å². The van der Waals surface area contributed by atoms with E-state index in [0.29, 0.717) is 0 Å². The highest BCUT2D eigenvalue weighted by molar-refractivity contribution is 5.81. The third-order valence-corrected chi connectivity index (χ3v) is 0.777. The first-order valence-electron chi connectivity index (χ1n) is 2.97. The number of hydrogen-bond donors (Lipinski definition) is 0. The van der Waals surface area contributed by atoms with E-state index in [9.17, 15) is 4.79 Å². The smallest absolute Gasteiger partial charge is 0.332 e. The molecule has 0 bridgehead atoms. The molecule has 1 unspecified atom stereocenters. The van der Waals surface area contributed by atoms with Crippen molar-refractivity contribution in [1.29, 1.82) is 0 Å². The molecule has 0 saturated carbocycles. The normalized spacial score (nSPS) is 12.2. The molecular formula is C7H11O3. The Labute approximate surface area is 60.6 Å². The summed E-state index contributed by atoms with van der Waals surface area (Å²) in [5.41, 5.74) is 0. The molecule has 0 aromatic carbocycles. The molecule has 0 aromatic heterocycles. The van der Waals surface area contributed by atoms with E-state index in [0.717, 1.165) is 6.08 Å². The fourth-order valence-electron chi connectivity index (χ4n) is 0.431. The van der Waals surface area contributed by atoms with Gasteiger partial charge in [0.2, 0.25) is 6.29 Å². The van der Waals surface area contributed by atoms with Crippen LogP contribution in [0.2, 0.25) is 0 Å². The fraction of sp³-hybridized carbons (Fsp3) is 0.429. The lowest BCUT2D eigenvalue weighted by Crippen LogP contribution is -2.14. The van der Waals surface area contributed by atoms with Gasteiger partial charge in [0.05, 0.1) is 6.61 Å². The van der Waals surface area contributed by atoms with Gasteiger partial charge in [-0.25, -0.2) is 4.79 Å². The van der Waals surface area contributed by atoms with Gasteiger partial charge in [-0.1, -0.05) is 6.58 Å². The SMILES string of the molecule is C=CC(=O)OC(C)O[CH]C. The van der Waals surface area contributed by atoms with Crippen molar-refractivity contribution in [2.45, 2.75) is 20.1 Å². The lowest BCUT2D eigenvalue weighted by atomic mass is 10.6. The van der Waals surface area contributed by atoms with Crippen LogP contribution in [0.25, 0.3) is 0 Å². The quantitative estimate of drug-likeness (QED) is 0.337. The zero-order valence-electron chi connectivity index (χ0n) is 6.16. The molecule has 0 heterocycles. The highest BCUT2D eigenvalue weighted by atomic mass is 16.7. The summed E-state index contributed by atoms with van der Waals surface area (Å²) in [7, 11) is 0. The predicted octanol–water partition coefficient (Wildman–Crippen LogP) is 1.26. The van der Waals surface area contributed by atoms with E-state index in [2.05, 4.69) is 11.3 Å². The summed E-state index contributed by atoms with van der Waals surface area (Å²) in [5, 5.41) is 0. The van der Waals surface area contributed by atoms with Crippen LogP contribution in [-0.4, -0.2) is 12.3 Å². The molecule has 0 aliphatic rings. The Bertz CT molecular complexity index is 120. The summed E-state index contributed by atoms with van der Waals surface area (Å²) >= 11 is 0. The van der Waals surface area contributed by atoms with Crippen LogP contribution in [0.5, 0.6) is 0 Å². The molecule has 1 atom stereocenters. The number of ether oxygens (including phenoxy) is 2. The third kappa shape index (κ3) is 4.09. The minimum Gasteiger partial charge on any atom is -0.433 e. The highest BCUT2D eigenvalue weighted by Crippen LogP contribution is 1.95. The zero-order valence-corrected chi connectivity index (χ0v) is 6.16. The van der Waals surface area contributed by atoms with Crippen molar-refractivity contribution in [2.24, 2.45) is 0 Å². The Morgan fingerprint density at radius 1 is 1.70 bits per heavy atom. The molecular weight excluding hydrogens is 132 g/mol. The standard InChI is InChI=1S/C7H11O3/c1-4-7(8)10-6(3)9-5-2/h4-6H,1H2,2-3H3. The Morgan fingerprint density at radius 3 is 2.70 bits per heavy atom. The van der Waals surface area contributed by atoms with E-state index in [4.69, 9.17) is 4.74 Å². The number of carbonyl (C=O) groups excluding carboxylic acids is 1. The fourth-order valence-corrected chi connectivity index (χ4v) is 0.431. The molecule has 0 rings (SSSR count). The van der Waals surface area contributed by atoms with Crippen LogP contribution in [0.3, 0.4) is 0 Å². The molecule has 0 fully saturated rings. The second-order valence-electron chi connectivity index (χ2n) is 1.58. The molecule has 1 radical (unpaired) electrons. The van der Waals surface area contributed by atoms with Gasteiger partial charge in [-0.15, -0.1) is 0 Å². The van der Waals surface area contributed by atoms with Crippen molar-refractivity contribution in [2.75, 3.05) is 0 Å². The molecule has 0 aromatic rings. The van der Waals surface area contributed by atoms with Gasteiger partial charge in [0.15, 0.2) is 0 Å². The maximum Gasteiger partial charge on any atom is 0.332 e. The van der Waals surface area contributed by atoms with E-state index in [1.807, 2.05) is 0 Å². The van der Waals surface area contributed by atoms with E-state index in [1.54, 1.807) is 13.8 Å². The number of carbonyl (C=O) groups is 1. The van der Waals surface area contributed by atoms with Gasteiger partial charge >= 0.3 is 5.97 Å². The van der Waals surface area contributed by atoms with Crippen LogP contribution in [0, 0.1) is 6.61 Å². The molecule has 57 valence electrons. The van der Waals surface area contributed by atoms with Gasteiger partial charge in [-0.05, 0) is 13.8 Å². The number of esters is 1. The average Bonchev–Trinajstić information content (AvgIpc) is 1.88. The van der Waals surface area contributed by atoms with Crippen LogP contribution in [0.15, 0.2) is 12.7 Å². The second-order valence-corrected chi connectivity index (χ2v) is 1.58. The maximum absolute atomic E-state index is 10.5. The van der Waals surface area contributed by atoms with Crippen molar-refractivity contribution in [3.05, 3.63) is 19.3 Å². The average molecular weight is 143 g/mol. The van der Waals surface area contributed by atoms with Gasteiger partial charge in [0.1, 0.15) is 0 Å². The first kappa shape index (κ1) is 9.17. The van der Waals surface area contributed by atoms with Crippen molar-refractivity contribution in [3.63, 3.8) is 0 Å². The second kappa shape index (κ2) is 4.99. The van der Waals surface area contributed by atoms with E-state index < -0.39 is 12.3 Å². The Hall–Kier alpha value is -0.830. The molecule has 10 heavy (non-hydrogen) atoms. The van der Waals surface area contributed by atoms with Gasteiger partial charge in [0.25, 0.3) is 0 Å². The number of rotatable bonds is 4. The van der Waals surface area contributed by atoms with E-state index in [1.165, 1.54) is 6.61 Å². The summed E-state index contributed by atoms with van der Waals surface area (Å²) in [6, 6.07) is 0. The van der Waals surface area contributed by atoms with Gasteiger partial charge in [-0.3, -0.25) is 0 Å². The predicted molar refractivity (Wildman–Crippen MR) is 36.8 cm³/mol. The van der Waals surface area contributed by atoms with Crippen molar-refractivity contribution < 1.29 is 14.3 Å². The highest BCUT2D eigenvalue weighted by Gasteiger charge is 2.03. The first-order chi connectivity index (χ1) is 4.70. The van der Waals surface area contributed by atoms with E-state index >= 15 is 0 Å². The largest absolute Gasteiger partial charge is 0.433 e. The molecule has 0 N–H and O–H groups in total. The summed E-state index contributed by atoms with van der Waals surface area (Å²) in [6.45, 7) is 8.03. The third-order valence-electron chi connectivity index (χ3n) is 0.777. The molecule has 3 nitrogen and oxygen atoms in total. The Kier molecular flexibility index (Phi) is 4.58. The number of hydrogen-bond acceptors (Lipinski definition) is 3. The minimum atomic E-state index is -0.532. The molecule has 0 aliphatic heterocycles. The first-order valence-corrected chi connectivity index (χ1v) is 2.97. The summed E-state index contributed by atoms with van der Waals surface area (Å²) in [5.74, 6) is -0.477. The van der Waals surface area contributed by atoms with Crippen LogP contribution in [-0.2, 0) is 14.3 Å². The van der Waals surface area contributed by atoms with Gasteiger partial charge < -0.3 is 9.47 Å². The molecule has 3 heteroatoms. The lowest BCUT2D eigenvalue weighted by Gasteiger charge is -2.09. The van der Waals surface area contributed by atoms with E-state index in [-0.39, 0.29) is 0 Å². The van der Waals surface area contributed by atoms with Crippen molar-refractivity contribution >= 4 is 5.97 Å². The summed E-state index contributed by atoms with van der Waals surface area (Å²) in [4.78, 5) is 10.5. The topological polar surface area (TPSA) is 35.5 Å². The van der Waals surface area contributed by atoms with Crippen LogP contribution in [0.4, 0.5) is 0 Å². The molecule has 0 saturated heterocycles. The lowest BCUT2D eigenvalue weighted by molar-refractivity contribution is -0.162. The summed E-state index contributed by atoms with van der Waals surface area (Å²) < 4.78 is 9.43. The van der Waals surface area contributed by atoms with Crippen LogP contribution >= 0.6 is 0 Å². The van der Waals surface area contributed by atoms with Crippen molar-refractivity contribution in [3.8, 4) is 0 Å².